The van der Waals surface area contributed by atoms with Crippen molar-refractivity contribution < 1.29 is 49.8 Å². The molecular formula is C11H14F8O3. The highest BCUT2D eigenvalue weighted by molar-refractivity contribution is 5.76. The normalized spacial score (nSPS) is 16.5. The fourth-order valence-electron chi connectivity index (χ4n) is 1.12. The molecular weight excluding hydrogens is 332 g/mol. The van der Waals surface area contributed by atoms with Gasteiger partial charge < -0.3 is 9.84 Å². The average molecular weight is 346 g/mol. The van der Waals surface area contributed by atoms with E-state index in [1.54, 1.807) is 0 Å². The minimum absolute atomic E-state index is 0.127. The minimum atomic E-state index is -6.43. The summed E-state index contributed by atoms with van der Waals surface area (Å²) in [5.74, 6) is -20.0. The van der Waals surface area contributed by atoms with E-state index < -0.39 is 48.8 Å². The Hall–Kier alpha value is -1.13. The van der Waals surface area contributed by atoms with Crippen molar-refractivity contribution in [2.75, 3.05) is 13.2 Å². The third kappa shape index (κ3) is 3.61. The van der Waals surface area contributed by atoms with Gasteiger partial charge in [-0.15, -0.1) is 0 Å². The molecule has 0 aliphatic rings. The van der Waals surface area contributed by atoms with E-state index in [1.807, 2.05) is 0 Å². The molecule has 132 valence electrons. The number of ether oxygens (including phenoxy) is 1. The Kier molecular flexibility index (Phi) is 6.21. The van der Waals surface area contributed by atoms with Crippen molar-refractivity contribution >= 4 is 5.97 Å². The van der Waals surface area contributed by atoms with Crippen LogP contribution in [0.3, 0.4) is 0 Å². The van der Waals surface area contributed by atoms with Crippen molar-refractivity contribution in [2.24, 2.45) is 5.41 Å². The number of carbonyl (C=O) groups excluding carboxylic acids is 1. The van der Waals surface area contributed by atoms with Crippen LogP contribution in [0.2, 0.25) is 0 Å². The van der Waals surface area contributed by atoms with Gasteiger partial charge in [0.25, 0.3) is 0 Å². The third-order valence-corrected chi connectivity index (χ3v) is 3.16. The lowest BCUT2D eigenvalue weighted by atomic mass is 9.89. The predicted octanol–water partition coefficient (Wildman–Crippen LogP) is 3.11. The van der Waals surface area contributed by atoms with E-state index in [4.69, 9.17) is 5.11 Å². The number of hydrogen-bond donors (Lipinski definition) is 1. The maximum absolute atomic E-state index is 13.1. The minimum Gasteiger partial charge on any atom is -0.459 e. The summed E-state index contributed by atoms with van der Waals surface area (Å²) >= 11 is 0. The van der Waals surface area contributed by atoms with E-state index in [2.05, 4.69) is 4.74 Å². The molecule has 1 atom stereocenters. The van der Waals surface area contributed by atoms with Crippen LogP contribution < -0.4 is 0 Å². The van der Waals surface area contributed by atoms with Gasteiger partial charge in [0.15, 0.2) is 6.61 Å². The van der Waals surface area contributed by atoms with E-state index in [0.29, 0.717) is 0 Å². The van der Waals surface area contributed by atoms with Gasteiger partial charge in [0.2, 0.25) is 0 Å². The number of esters is 1. The van der Waals surface area contributed by atoms with Crippen molar-refractivity contribution in [1.82, 2.24) is 0 Å². The molecule has 0 saturated heterocycles. The molecule has 3 nitrogen and oxygen atoms in total. The molecule has 0 fully saturated rings. The molecule has 0 aliphatic carbocycles. The summed E-state index contributed by atoms with van der Waals surface area (Å²) in [6.07, 6.45) is -5.17. The van der Waals surface area contributed by atoms with Crippen LogP contribution in [0.1, 0.15) is 20.3 Å². The van der Waals surface area contributed by atoms with Crippen molar-refractivity contribution in [1.29, 1.82) is 0 Å². The van der Waals surface area contributed by atoms with Gasteiger partial charge in [-0.2, -0.15) is 26.3 Å². The Balaban J connectivity index is 5.17. The summed E-state index contributed by atoms with van der Waals surface area (Å²) in [6.45, 7) is -1.01. The number of hydrogen-bond acceptors (Lipinski definition) is 3. The monoisotopic (exact) mass is 346 g/mol. The lowest BCUT2D eigenvalue weighted by Gasteiger charge is -2.32. The van der Waals surface area contributed by atoms with Gasteiger partial charge in [-0.25, -0.2) is 8.78 Å². The van der Waals surface area contributed by atoms with E-state index in [0.717, 1.165) is 6.92 Å². The fraction of sp³-hybridized carbons (Fsp3) is 0.909. The number of rotatable bonds is 8. The van der Waals surface area contributed by atoms with Gasteiger partial charge in [0.05, 0.1) is 12.0 Å². The maximum atomic E-state index is 13.1. The Bertz CT molecular complexity index is 393. The van der Waals surface area contributed by atoms with Gasteiger partial charge in [-0.3, -0.25) is 4.79 Å². The molecule has 0 aromatic rings. The zero-order valence-corrected chi connectivity index (χ0v) is 11.5. The van der Waals surface area contributed by atoms with Gasteiger partial charge in [0.1, 0.15) is 0 Å². The van der Waals surface area contributed by atoms with Gasteiger partial charge >= 0.3 is 30.2 Å². The van der Waals surface area contributed by atoms with Crippen LogP contribution in [0.15, 0.2) is 0 Å². The number of aliphatic hydroxyl groups is 1. The van der Waals surface area contributed by atoms with E-state index in [-0.39, 0.29) is 6.42 Å². The van der Waals surface area contributed by atoms with Crippen molar-refractivity contribution in [3.8, 4) is 0 Å². The second kappa shape index (κ2) is 6.55. The number of halogens is 8. The summed E-state index contributed by atoms with van der Waals surface area (Å²) in [5.41, 5.74) is -1.71. The molecule has 1 N–H and O–H groups in total. The highest BCUT2D eigenvalue weighted by Crippen LogP contribution is 2.48. The maximum Gasteiger partial charge on any atom is 0.381 e. The first-order chi connectivity index (χ1) is 9.69. The first-order valence-electron chi connectivity index (χ1n) is 5.89. The largest absolute Gasteiger partial charge is 0.459 e. The molecule has 0 heterocycles. The standard InChI is InChI=1S/C11H14F8O3/c1-3-8(2,4-20)7(21)22-5-9(14,15)11(18,19)10(16,17)6(12)13/h6,20H,3-5H2,1-2H3. The fourth-order valence-corrected chi connectivity index (χ4v) is 1.12. The van der Waals surface area contributed by atoms with Crippen LogP contribution in [0.4, 0.5) is 35.1 Å². The predicted molar refractivity (Wildman–Crippen MR) is 57.3 cm³/mol. The topological polar surface area (TPSA) is 46.5 Å². The van der Waals surface area contributed by atoms with Crippen LogP contribution in [-0.4, -0.2) is 48.5 Å². The lowest BCUT2D eigenvalue weighted by molar-refractivity contribution is -0.344. The number of alkyl halides is 8. The van der Waals surface area contributed by atoms with Crippen LogP contribution in [-0.2, 0) is 9.53 Å². The lowest BCUT2D eigenvalue weighted by Crippen LogP contribution is -2.59. The van der Waals surface area contributed by atoms with Crippen LogP contribution >= 0.6 is 0 Å². The molecule has 0 amide bonds. The highest BCUT2D eigenvalue weighted by Gasteiger charge is 2.75. The molecule has 0 rings (SSSR count). The van der Waals surface area contributed by atoms with Crippen molar-refractivity contribution in [3.63, 3.8) is 0 Å². The summed E-state index contributed by atoms with van der Waals surface area (Å²) in [4.78, 5) is 11.4. The molecule has 0 saturated carbocycles. The highest BCUT2D eigenvalue weighted by atomic mass is 19.4. The van der Waals surface area contributed by atoms with E-state index >= 15 is 0 Å². The molecule has 0 aliphatic heterocycles. The Labute approximate surface area is 120 Å². The number of carbonyl (C=O) groups is 1. The molecule has 0 aromatic carbocycles. The first kappa shape index (κ1) is 20.9. The van der Waals surface area contributed by atoms with Gasteiger partial charge in [0, 0.05) is 0 Å². The first-order valence-corrected chi connectivity index (χ1v) is 5.89. The smallest absolute Gasteiger partial charge is 0.381 e. The van der Waals surface area contributed by atoms with E-state index in [9.17, 15) is 39.9 Å². The number of aliphatic hydroxyl groups excluding tert-OH is 1. The molecule has 0 spiro atoms. The van der Waals surface area contributed by atoms with Crippen LogP contribution in [0.5, 0.6) is 0 Å². The Morgan fingerprint density at radius 1 is 1.14 bits per heavy atom. The summed E-state index contributed by atoms with van der Waals surface area (Å²) in [6, 6.07) is 0. The molecule has 22 heavy (non-hydrogen) atoms. The summed E-state index contributed by atoms with van der Waals surface area (Å²) in [7, 11) is 0. The quantitative estimate of drug-likeness (QED) is 0.543. The molecule has 1 unspecified atom stereocenters. The zero-order chi connectivity index (χ0) is 18.0. The van der Waals surface area contributed by atoms with E-state index in [1.165, 1.54) is 6.92 Å². The molecule has 0 radical (unpaired) electrons. The van der Waals surface area contributed by atoms with Crippen LogP contribution in [0.25, 0.3) is 0 Å². The van der Waals surface area contributed by atoms with Crippen molar-refractivity contribution in [3.05, 3.63) is 0 Å². The summed E-state index contributed by atoms with van der Waals surface area (Å²) < 4.78 is 105. The van der Waals surface area contributed by atoms with Gasteiger partial charge in [-0.05, 0) is 13.3 Å². The second-order valence-electron chi connectivity index (χ2n) is 4.85. The second-order valence-corrected chi connectivity index (χ2v) is 4.85. The molecule has 0 bridgehead atoms. The average Bonchev–Trinajstić information content (AvgIpc) is 2.43. The Morgan fingerprint density at radius 3 is 1.91 bits per heavy atom. The molecule has 0 aromatic heterocycles. The molecule has 11 heteroatoms. The van der Waals surface area contributed by atoms with Crippen LogP contribution in [0, 0.1) is 5.41 Å². The SMILES string of the molecule is CCC(C)(CO)C(=O)OCC(F)(F)C(F)(F)C(F)(F)C(F)F. The Morgan fingerprint density at radius 2 is 1.59 bits per heavy atom. The zero-order valence-electron chi connectivity index (χ0n) is 11.5. The van der Waals surface area contributed by atoms with Gasteiger partial charge in [-0.1, -0.05) is 6.92 Å². The van der Waals surface area contributed by atoms with Crippen molar-refractivity contribution in [2.45, 2.75) is 44.5 Å². The summed E-state index contributed by atoms with van der Waals surface area (Å²) in [5, 5.41) is 8.89. The third-order valence-electron chi connectivity index (χ3n) is 3.16.